The van der Waals surface area contributed by atoms with Crippen LogP contribution in [0.3, 0.4) is 0 Å². The SMILES string of the molecule is CC1(O)CCC(Nc2nc(Nc3cc(C(=O)Nc4ccccc4)ns3)nc3ccsc23)CC1. The fourth-order valence-corrected chi connectivity index (χ4v) is 5.28. The third kappa shape index (κ3) is 5.13. The number of fused-ring (bicyclic) bond motifs is 1. The molecule has 1 amide bonds. The van der Waals surface area contributed by atoms with E-state index in [-0.39, 0.29) is 11.9 Å². The molecule has 4 aromatic rings. The summed E-state index contributed by atoms with van der Waals surface area (Å²) in [5.41, 5.74) is 1.33. The summed E-state index contributed by atoms with van der Waals surface area (Å²) in [4.78, 5) is 21.8. The average molecular weight is 481 g/mol. The van der Waals surface area contributed by atoms with E-state index < -0.39 is 5.60 Å². The van der Waals surface area contributed by atoms with Gasteiger partial charge in [-0.15, -0.1) is 11.3 Å². The molecule has 3 aromatic heterocycles. The summed E-state index contributed by atoms with van der Waals surface area (Å²) in [5, 5.41) is 22.5. The van der Waals surface area contributed by atoms with Crippen molar-refractivity contribution in [2.24, 2.45) is 0 Å². The molecule has 0 radical (unpaired) electrons. The van der Waals surface area contributed by atoms with Gasteiger partial charge in [0.1, 0.15) is 16.5 Å². The van der Waals surface area contributed by atoms with Gasteiger partial charge in [0, 0.05) is 17.8 Å². The summed E-state index contributed by atoms with van der Waals surface area (Å²) in [6, 6.07) is 13.2. The number of hydrogen-bond donors (Lipinski definition) is 4. The van der Waals surface area contributed by atoms with Crippen molar-refractivity contribution in [1.29, 1.82) is 0 Å². The maximum Gasteiger partial charge on any atom is 0.275 e. The Morgan fingerprint density at radius 1 is 1.15 bits per heavy atom. The molecule has 0 saturated heterocycles. The lowest BCUT2D eigenvalue weighted by molar-refractivity contribution is 0.0196. The molecule has 0 unspecified atom stereocenters. The van der Waals surface area contributed by atoms with Gasteiger partial charge in [0.15, 0.2) is 0 Å². The van der Waals surface area contributed by atoms with Crippen molar-refractivity contribution < 1.29 is 9.90 Å². The molecule has 10 heteroatoms. The van der Waals surface area contributed by atoms with Crippen LogP contribution in [0.25, 0.3) is 10.2 Å². The number of nitrogens with one attached hydrogen (secondary N) is 3. The number of aliphatic hydroxyl groups is 1. The second kappa shape index (κ2) is 9.05. The highest BCUT2D eigenvalue weighted by Gasteiger charge is 2.29. The Bertz CT molecular complexity index is 1260. The third-order valence-electron chi connectivity index (χ3n) is 5.72. The number of anilines is 4. The van der Waals surface area contributed by atoms with E-state index in [4.69, 9.17) is 4.98 Å². The lowest BCUT2D eigenvalue weighted by Gasteiger charge is -2.33. The lowest BCUT2D eigenvalue weighted by Crippen LogP contribution is -2.35. The Kier molecular flexibility index (Phi) is 5.96. The van der Waals surface area contributed by atoms with Gasteiger partial charge in [0.25, 0.3) is 5.91 Å². The van der Waals surface area contributed by atoms with Gasteiger partial charge in [-0.3, -0.25) is 4.79 Å². The van der Waals surface area contributed by atoms with Crippen LogP contribution >= 0.6 is 22.9 Å². The quantitative estimate of drug-likeness (QED) is 0.298. The number of amides is 1. The van der Waals surface area contributed by atoms with E-state index in [9.17, 15) is 9.90 Å². The standard InChI is InChI=1S/C23H24N6O2S2/c1-23(31)10-7-15(8-11-23)24-20-19-16(9-12-32-19)26-22(28-20)27-18-13-17(29-33-18)21(30)25-14-5-3-2-4-6-14/h2-6,9,12-13,15,31H,7-8,10-11H2,1H3,(H,25,30)(H2,24,26,27,28). The van der Waals surface area contributed by atoms with E-state index in [1.54, 1.807) is 17.4 Å². The van der Waals surface area contributed by atoms with Gasteiger partial charge in [-0.1, -0.05) is 18.2 Å². The maximum atomic E-state index is 12.5. The summed E-state index contributed by atoms with van der Waals surface area (Å²) in [6.45, 7) is 1.90. The first-order valence-electron chi connectivity index (χ1n) is 10.8. The van der Waals surface area contributed by atoms with Crippen LogP contribution in [-0.2, 0) is 0 Å². The van der Waals surface area contributed by atoms with Gasteiger partial charge in [-0.05, 0) is 67.7 Å². The molecule has 0 atom stereocenters. The van der Waals surface area contributed by atoms with Crippen molar-refractivity contribution in [3.63, 3.8) is 0 Å². The summed E-state index contributed by atoms with van der Waals surface area (Å²) in [5.74, 6) is 0.968. The van der Waals surface area contributed by atoms with Gasteiger partial charge < -0.3 is 21.1 Å². The molecule has 1 fully saturated rings. The fraction of sp³-hybridized carbons (Fsp3) is 0.304. The van der Waals surface area contributed by atoms with Crippen LogP contribution in [0.15, 0.2) is 47.8 Å². The smallest absolute Gasteiger partial charge is 0.275 e. The normalized spacial score (nSPS) is 20.5. The predicted molar refractivity (Wildman–Crippen MR) is 134 cm³/mol. The predicted octanol–water partition coefficient (Wildman–Crippen LogP) is 5.25. The Hall–Kier alpha value is -3.08. The minimum absolute atomic E-state index is 0.259. The van der Waals surface area contributed by atoms with Crippen molar-refractivity contribution in [2.75, 3.05) is 16.0 Å². The highest BCUT2D eigenvalue weighted by atomic mass is 32.1. The van der Waals surface area contributed by atoms with Gasteiger partial charge >= 0.3 is 0 Å². The van der Waals surface area contributed by atoms with Crippen LogP contribution in [0.2, 0.25) is 0 Å². The van der Waals surface area contributed by atoms with E-state index in [0.29, 0.717) is 16.6 Å². The molecule has 0 spiro atoms. The average Bonchev–Trinajstić information content (AvgIpc) is 3.46. The number of benzene rings is 1. The number of hydrogen-bond acceptors (Lipinski definition) is 9. The van der Waals surface area contributed by atoms with Gasteiger partial charge in [-0.25, -0.2) is 4.98 Å². The number of aromatic nitrogens is 3. The molecule has 33 heavy (non-hydrogen) atoms. The topological polar surface area (TPSA) is 112 Å². The van der Waals surface area contributed by atoms with E-state index in [0.717, 1.165) is 47.4 Å². The van der Waals surface area contributed by atoms with Crippen LogP contribution in [-0.4, -0.2) is 37.0 Å². The number of rotatable bonds is 6. The lowest BCUT2D eigenvalue weighted by atomic mass is 9.84. The molecule has 8 nitrogen and oxygen atoms in total. The Morgan fingerprint density at radius 2 is 1.94 bits per heavy atom. The molecule has 1 aromatic carbocycles. The van der Waals surface area contributed by atoms with Crippen molar-refractivity contribution in [2.45, 2.75) is 44.2 Å². The second-order valence-corrected chi connectivity index (χ2v) is 10.2. The maximum absolute atomic E-state index is 12.5. The first-order valence-corrected chi connectivity index (χ1v) is 12.4. The van der Waals surface area contributed by atoms with Crippen molar-refractivity contribution in [3.8, 4) is 0 Å². The molecular formula is C23H24N6O2S2. The Balaban J connectivity index is 1.31. The minimum atomic E-state index is -0.578. The largest absolute Gasteiger partial charge is 0.390 e. The van der Waals surface area contributed by atoms with Gasteiger partial charge in [-0.2, -0.15) is 9.36 Å². The van der Waals surface area contributed by atoms with Crippen LogP contribution in [0.4, 0.5) is 22.5 Å². The highest BCUT2D eigenvalue weighted by Crippen LogP contribution is 2.33. The first kappa shape index (κ1) is 21.7. The van der Waals surface area contributed by atoms with Crippen molar-refractivity contribution in [3.05, 3.63) is 53.5 Å². The molecule has 0 aliphatic heterocycles. The Morgan fingerprint density at radius 3 is 2.73 bits per heavy atom. The van der Waals surface area contributed by atoms with E-state index >= 15 is 0 Å². The zero-order chi connectivity index (χ0) is 22.8. The summed E-state index contributed by atoms with van der Waals surface area (Å²) in [6.07, 6.45) is 3.31. The van der Waals surface area contributed by atoms with Crippen molar-refractivity contribution >= 4 is 61.4 Å². The molecule has 170 valence electrons. The second-order valence-electron chi connectivity index (χ2n) is 8.47. The summed E-state index contributed by atoms with van der Waals surface area (Å²) in [7, 11) is 0. The van der Waals surface area contributed by atoms with Crippen LogP contribution < -0.4 is 16.0 Å². The molecule has 1 aliphatic carbocycles. The Labute approximate surface area is 199 Å². The van der Waals surface area contributed by atoms with E-state index in [1.165, 1.54) is 11.5 Å². The molecule has 1 aliphatic rings. The van der Waals surface area contributed by atoms with Crippen molar-refractivity contribution in [1.82, 2.24) is 14.3 Å². The first-order chi connectivity index (χ1) is 15.9. The number of carbonyl (C=O) groups excluding carboxylic acids is 1. The molecular weight excluding hydrogens is 456 g/mol. The number of thiophene rings is 1. The zero-order valence-corrected chi connectivity index (χ0v) is 19.7. The van der Waals surface area contributed by atoms with Gasteiger partial charge in [0.05, 0.1) is 15.8 Å². The molecule has 5 rings (SSSR count). The molecule has 1 saturated carbocycles. The minimum Gasteiger partial charge on any atom is -0.390 e. The summed E-state index contributed by atoms with van der Waals surface area (Å²) >= 11 is 2.78. The van der Waals surface area contributed by atoms with E-state index in [2.05, 4.69) is 25.3 Å². The van der Waals surface area contributed by atoms with Crippen LogP contribution in [0.5, 0.6) is 0 Å². The van der Waals surface area contributed by atoms with Crippen LogP contribution in [0, 0.1) is 0 Å². The number of carbonyl (C=O) groups is 1. The monoisotopic (exact) mass is 480 g/mol. The zero-order valence-electron chi connectivity index (χ0n) is 18.0. The van der Waals surface area contributed by atoms with Crippen LogP contribution in [0.1, 0.15) is 43.1 Å². The van der Waals surface area contributed by atoms with E-state index in [1.807, 2.05) is 48.7 Å². The number of nitrogens with zero attached hydrogens (tertiary/aromatic N) is 3. The fourth-order valence-electron chi connectivity index (χ4n) is 3.86. The summed E-state index contributed by atoms with van der Waals surface area (Å²) < 4.78 is 5.27. The number of para-hydroxylation sites is 1. The highest BCUT2D eigenvalue weighted by molar-refractivity contribution is 7.17. The molecule has 4 N–H and O–H groups in total. The molecule has 0 bridgehead atoms. The van der Waals surface area contributed by atoms with Gasteiger partial charge in [0.2, 0.25) is 5.95 Å². The third-order valence-corrected chi connectivity index (χ3v) is 7.33. The molecule has 3 heterocycles.